The van der Waals surface area contributed by atoms with Gasteiger partial charge < -0.3 is 19.3 Å². The maximum Gasteiger partial charge on any atom is 0.332 e. The third-order valence-corrected chi connectivity index (χ3v) is 1.29. The molecule has 0 saturated carbocycles. The fourth-order valence-corrected chi connectivity index (χ4v) is 0.698. The molecular weight excluding hydrogens is 188 g/mol. The van der Waals surface area contributed by atoms with Crippen LogP contribution in [0.4, 0.5) is 0 Å². The van der Waals surface area contributed by atoms with Gasteiger partial charge in [-0.3, -0.25) is 0 Å². The van der Waals surface area contributed by atoms with Gasteiger partial charge in [0.25, 0.3) is 0 Å². The smallest absolute Gasteiger partial charge is 0.332 e. The van der Waals surface area contributed by atoms with Gasteiger partial charge in [0, 0.05) is 0 Å². The van der Waals surface area contributed by atoms with Crippen molar-refractivity contribution in [1.29, 1.82) is 0 Å². The molecule has 0 aliphatic rings. The first-order valence-electron chi connectivity index (χ1n) is 4.73. The zero-order valence-electron chi connectivity index (χ0n) is 8.53. The van der Waals surface area contributed by atoms with Crippen LogP contribution in [-0.4, -0.2) is 50.7 Å². The lowest BCUT2D eigenvalue weighted by atomic mass is 10.5. The first-order valence-corrected chi connectivity index (χ1v) is 4.73. The predicted molar refractivity (Wildman–Crippen MR) is 50.0 cm³/mol. The number of aliphatic hydroxyl groups is 1. The van der Waals surface area contributed by atoms with E-state index in [1.54, 1.807) is 0 Å². The van der Waals surface area contributed by atoms with Crippen LogP contribution in [-0.2, 0) is 19.0 Å². The molecule has 0 aromatic heterocycles. The second-order valence-corrected chi connectivity index (χ2v) is 2.61. The Morgan fingerprint density at radius 2 is 1.86 bits per heavy atom. The van der Waals surface area contributed by atoms with Crippen LogP contribution in [0.3, 0.4) is 0 Å². The van der Waals surface area contributed by atoms with E-state index >= 15 is 0 Å². The van der Waals surface area contributed by atoms with Gasteiger partial charge in [0.15, 0.2) is 0 Å². The SMILES string of the molecule is CCCOC(=O)COCCOCCO. The molecule has 14 heavy (non-hydrogen) atoms. The number of aliphatic hydroxyl groups excluding tert-OH is 1. The van der Waals surface area contributed by atoms with E-state index in [4.69, 9.17) is 19.3 Å². The van der Waals surface area contributed by atoms with E-state index < -0.39 is 0 Å². The van der Waals surface area contributed by atoms with Crippen molar-refractivity contribution in [2.45, 2.75) is 13.3 Å². The lowest BCUT2D eigenvalue weighted by Gasteiger charge is -2.04. The van der Waals surface area contributed by atoms with Crippen molar-refractivity contribution in [3.63, 3.8) is 0 Å². The number of rotatable bonds is 9. The van der Waals surface area contributed by atoms with Gasteiger partial charge in [-0.15, -0.1) is 0 Å². The monoisotopic (exact) mass is 206 g/mol. The van der Waals surface area contributed by atoms with Gasteiger partial charge in [0.2, 0.25) is 0 Å². The van der Waals surface area contributed by atoms with Gasteiger partial charge in [0.05, 0.1) is 33.0 Å². The highest BCUT2D eigenvalue weighted by molar-refractivity contribution is 5.70. The van der Waals surface area contributed by atoms with Crippen LogP contribution in [0.5, 0.6) is 0 Å². The number of esters is 1. The van der Waals surface area contributed by atoms with Gasteiger partial charge in [-0.2, -0.15) is 0 Å². The van der Waals surface area contributed by atoms with Crippen LogP contribution >= 0.6 is 0 Å². The molecule has 0 aromatic rings. The van der Waals surface area contributed by atoms with Gasteiger partial charge in [-0.05, 0) is 6.42 Å². The van der Waals surface area contributed by atoms with Gasteiger partial charge in [-0.25, -0.2) is 4.79 Å². The molecule has 0 heterocycles. The molecule has 1 N–H and O–H groups in total. The van der Waals surface area contributed by atoms with Crippen molar-refractivity contribution in [3.05, 3.63) is 0 Å². The molecule has 0 rings (SSSR count). The van der Waals surface area contributed by atoms with Crippen molar-refractivity contribution in [3.8, 4) is 0 Å². The maximum atomic E-state index is 10.9. The first kappa shape index (κ1) is 13.4. The minimum Gasteiger partial charge on any atom is -0.464 e. The molecule has 0 aromatic carbocycles. The van der Waals surface area contributed by atoms with Crippen LogP contribution in [0.1, 0.15) is 13.3 Å². The standard InChI is InChI=1S/C9H18O5/c1-2-4-14-9(11)8-13-7-6-12-5-3-10/h10H,2-8H2,1H3. The van der Waals surface area contributed by atoms with Crippen LogP contribution in [0.25, 0.3) is 0 Å². The Morgan fingerprint density at radius 1 is 1.14 bits per heavy atom. The summed E-state index contributed by atoms with van der Waals surface area (Å²) in [5.41, 5.74) is 0. The van der Waals surface area contributed by atoms with E-state index in [9.17, 15) is 4.79 Å². The molecular formula is C9H18O5. The van der Waals surface area contributed by atoms with Crippen molar-refractivity contribution in [2.24, 2.45) is 0 Å². The lowest BCUT2D eigenvalue weighted by Crippen LogP contribution is -2.16. The Bertz CT molecular complexity index is 137. The minimum atomic E-state index is -0.353. The largest absolute Gasteiger partial charge is 0.464 e. The van der Waals surface area contributed by atoms with Crippen LogP contribution in [0, 0.1) is 0 Å². The zero-order chi connectivity index (χ0) is 10.6. The summed E-state index contributed by atoms with van der Waals surface area (Å²) in [5, 5.41) is 8.37. The summed E-state index contributed by atoms with van der Waals surface area (Å²) in [7, 11) is 0. The molecule has 0 saturated heterocycles. The molecule has 84 valence electrons. The molecule has 5 nitrogen and oxygen atoms in total. The third kappa shape index (κ3) is 9.44. The maximum absolute atomic E-state index is 10.9. The Hall–Kier alpha value is -0.650. The molecule has 5 heteroatoms. The molecule has 0 amide bonds. The lowest BCUT2D eigenvalue weighted by molar-refractivity contribution is -0.149. The van der Waals surface area contributed by atoms with E-state index in [0.717, 1.165) is 6.42 Å². The van der Waals surface area contributed by atoms with Crippen molar-refractivity contribution < 1.29 is 24.1 Å². The topological polar surface area (TPSA) is 65.0 Å². The summed E-state index contributed by atoms with van der Waals surface area (Å²) in [6, 6.07) is 0. The number of ether oxygens (including phenoxy) is 3. The van der Waals surface area contributed by atoms with E-state index in [-0.39, 0.29) is 19.2 Å². The summed E-state index contributed by atoms with van der Waals surface area (Å²) in [6.45, 7) is 3.33. The number of carbonyl (C=O) groups excluding carboxylic acids is 1. The Kier molecular flexibility index (Phi) is 9.95. The number of hydrogen-bond donors (Lipinski definition) is 1. The molecule has 0 radical (unpaired) electrons. The van der Waals surface area contributed by atoms with Gasteiger partial charge in [0.1, 0.15) is 6.61 Å². The Morgan fingerprint density at radius 3 is 2.50 bits per heavy atom. The quantitative estimate of drug-likeness (QED) is 0.424. The summed E-state index contributed by atoms with van der Waals surface area (Å²) in [4.78, 5) is 10.9. The molecule has 0 fully saturated rings. The van der Waals surface area contributed by atoms with Crippen molar-refractivity contribution in [2.75, 3.05) is 39.6 Å². The summed E-state index contributed by atoms with van der Waals surface area (Å²) in [6.07, 6.45) is 0.811. The average Bonchev–Trinajstić information content (AvgIpc) is 2.20. The Labute approximate surface area is 84.0 Å². The van der Waals surface area contributed by atoms with E-state index in [0.29, 0.717) is 26.4 Å². The Balaban J connectivity index is 3.07. The average molecular weight is 206 g/mol. The molecule has 0 unspecified atom stereocenters. The van der Waals surface area contributed by atoms with E-state index in [2.05, 4.69) is 0 Å². The van der Waals surface area contributed by atoms with Gasteiger partial charge in [-0.1, -0.05) is 6.92 Å². The van der Waals surface area contributed by atoms with Gasteiger partial charge >= 0.3 is 5.97 Å². The number of carbonyl (C=O) groups is 1. The fraction of sp³-hybridized carbons (Fsp3) is 0.889. The highest BCUT2D eigenvalue weighted by Crippen LogP contribution is 1.85. The van der Waals surface area contributed by atoms with Crippen molar-refractivity contribution in [1.82, 2.24) is 0 Å². The molecule has 0 spiro atoms. The van der Waals surface area contributed by atoms with Crippen molar-refractivity contribution >= 4 is 5.97 Å². The number of hydrogen-bond acceptors (Lipinski definition) is 5. The normalized spacial score (nSPS) is 10.1. The zero-order valence-corrected chi connectivity index (χ0v) is 8.53. The highest BCUT2D eigenvalue weighted by Gasteiger charge is 2.00. The van der Waals surface area contributed by atoms with Crippen LogP contribution in [0.2, 0.25) is 0 Å². The third-order valence-electron chi connectivity index (χ3n) is 1.29. The molecule has 0 aliphatic carbocycles. The predicted octanol–water partition coefficient (Wildman–Crippen LogP) is -0.0349. The second-order valence-electron chi connectivity index (χ2n) is 2.61. The fourth-order valence-electron chi connectivity index (χ4n) is 0.698. The van der Waals surface area contributed by atoms with Crippen LogP contribution < -0.4 is 0 Å². The molecule has 0 atom stereocenters. The second kappa shape index (κ2) is 10.4. The van der Waals surface area contributed by atoms with E-state index in [1.807, 2.05) is 6.92 Å². The first-order chi connectivity index (χ1) is 6.81. The highest BCUT2D eigenvalue weighted by atomic mass is 16.6. The van der Waals surface area contributed by atoms with Crippen LogP contribution in [0.15, 0.2) is 0 Å². The summed E-state index contributed by atoms with van der Waals surface area (Å²) in [5.74, 6) is -0.353. The van der Waals surface area contributed by atoms with E-state index in [1.165, 1.54) is 0 Å². The minimum absolute atomic E-state index is 0.00145. The summed E-state index contributed by atoms with van der Waals surface area (Å²) >= 11 is 0. The molecule has 0 aliphatic heterocycles. The summed E-state index contributed by atoms with van der Waals surface area (Å²) < 4.78 is 14.7. The molecule has 0 bridgehead atoms.